The van der Waals surface area contributed by atoms with Crippen molar-refractivity contribution < 1.29 is 0 Å². The Morgan fingerprint density at radius 1 is 1.00 bits per heavy atom. The van der Waals surface area contributed by atoms with E-state index in [2.05, 4.69) is 75.1 Å². The average Bonchev–Trinajstić information content (AvgIpc) is 2.34. The first-order valence-corrected chi connectivity index (χ1v) is 6.62. The van der Waals surface area contributed by atoms with Crippen LogP contribution >= 0.6 is 0 Å². The molecule has 1 heteroatoms. The minimum atomic E-state index is 0.856. The highest BCUT2D eigenvalue weighted by Crippen LogP contribution is 2.17. The summed E-state index contributed by atoms with van der Waals surface area (Å²) in [5.74, 6) is 0. The van der Waals surface area contributed by atoms with E-state index in [4.69, 9.17) is 0 Å². The van der Waals surface area contributed by atoms with Crippen LogP contribution < -0.4 is 5.32 Å². The summed E-state index contributed by atoms with van der Waals surface area (Å²) in [6, 6.07) is 14.9. The van der Waals surface area contributed by atoms with Gasteiger partial charge in [-0.1, -0.05) is 42.5 Å². The van der Waals surface area contributed by atoms with Crippen molar-refractivity contribution in [3.8, 4) is 0 Å². The third kappa shape index (κ3) is 3.72. The van der Waals surface area contributed by atoms with Crippen molar-refractivity contribution in [2.24, 2.45) is 0 Å². The van der Waals surface area contributed by atoms with Gasteiger partial charge in [-0.05, 0) is 49.6 Å². The van der Waals surface area contributed by atoms with E-state index in [0.717, 1.165) is 17.8 Å². The molecule has 2 rings (SSSR count). The van der Waals surface area contributed by atoms with Gasteiger partial charge in [0.1, 0.15) is 0 Å². The molecule has 0 fully saturated rings. The normalized spacial score (nSPS) is 10.3. The average molecular weight is 251 g/mol. The third-order valence-corrected chi connectivity index (χ3v) is 3.33. The van der Waals surface area contributed by atoms with Crippen molar-refractivity contribution >= 4 is 5.69 Å². The van der Waals surface area contributed by atoms with Crippen LogP contribution in [0.5, 0.6) is 0 Å². The van der Waals surface area contributed by atoms with E-state index in [0.29, 0.717) is 0 Å². The molecule has 98 valence electrons. The first-order chi connectivity index (χ1) is 9.04. The summed E-state index contributed by atoms with van der Waals surface area (Å²) in [6.07, 6.45) is 0.856. The van der Waals surface area contributed by atoms with Crippen LogP contribution in [0.15, 0.2) is 54.7 Å². The van der Waals surface area contributed by atoms with E-state index in [1.165, 1.54) is 22.3 Å². The molecular formula is C18H21N. The maximum Gasteiger partial charge on any atom is 0.0384 e. The molecule has 0 bridgehead atoms. The lowest BCUT2D eigenvalue weighted by Gasteiger charge is -2.11. The Bertz CT molecular complexity index is 596. The molecule has 0 atom stereocenters. The van der Waals surface area contributed by atoms with Gasteiger partial charge < -0.3 is 5.32 Å². The van der Waals surface area contributed by atoms with E-state index in [9.17, 15) is 0 Å². The molecule has 1 N–H and O–H groups in total. The summed E-state index contributed by atoms with van der Waals surface area (Å²) in [7, 11) is 0. The van der Waals surface area contributed by atoms with E-state index >= 15 is 0 Å². The van der Waals surface area contributed by atoms with Crippen LogP contribution in [0.4, 0.5) is 5.69 Å². The van der Waals surface area contributed by atoms with E-state index < -0.39 is 0 Å². The van der Waals surface area contributed by atoms with Gasteiger partial charge in [0.25, 0.3) is 0 Å². The number of benzene rings is 2. The third-order valence-electron chi connectivity index (χ3n) is 3.33. The zero-order valence-electron chi connectivity index (χ0n) is 12.0. The van der Waals surface area contributed by atoms with E-state index in [1.807, 2.05) is 0 Å². The van der Waals surface area contributed by atoms with Crippen LogP contribution in [0, 0.1) is 20.8 Å². The second-order valence-corrected chi connectivity index (χ2v) is 5.19. The molecule has 0 aliphatic heterocycles. The van der Waals surface area contributed by atoms with Crippen molar-refractivity contribution in [2.45, 2.75) is 27.2 Å². The summed E-state index contributed by atoms with van der Waals surface area (Å²) in [5, 5.41) is 3.38. The smallest absolute Gasteiger partial charge is 0.0384 e. The lowest BCUT2D eigenvalue weighted by Crippen LogP contribution is -2.02. The Morgan fingerprint density at radius 3 is 2.47 bits per heavy atom. The zero-order chi connectivity index (χ0) is 13.8. The Morgan fingerprint density at radius 2 is 1.79 bits per heavy atom. The lowest BCUT2D eigenvalue weighted by atomic mass is 10.1. The Hall–Kier alpha value is -2.02. The first-order valence-electron chi connectivity index (χ1n) is 6.62. The Balaban J connectivity index is 2.03. The van der Waals surface area contributed by atoms with Gasteiger partial charge in [-0.2, -0.15) is 0 Å². The highest BCUT2D eigenvalue weighted by molar-refractivity contribution is 5.52. The molecule has 0 unspecified atom stereocenters. The predicted octanol–water partition coefficient (Wildman–Crippen LogP) is 4.78. The second-order valence-electron chi connectivity index (χ2n) is 5.19. The van der Waals surface area contributed by atoms with Crippen LogP contribution in [0.2, 0.25) is 0 Å². The first kappa shape index (κ1) is 13.4. The standard InChI is InChI=1S/C18H21N/c1-13-6-5-7-17(10-13)12-16(4)19-18-9-8-14(2)15(3)11-18/h5-11,19H,4,12H2,1-3H3. The van der Waals surface area contributed by atoms with Crippen LogP contribution in [0.25, 0.3) is 0 Å². The molecular weight excluding hydrogens is 230 g/mol. The zero-order valence-corrected chi connectivity index (χ0v) is 12.0. The Labute approximate surface area is 116 Å². The molecule has 2 aromatic carbocycles. The highest BCUT2D eigenvalue weighted by Gasteiger charge is 2.00. The molecule has 0 amide bonds. The fourth-order valence-corrected chi connectivity index (χ4v) is 2.14. The van der Waals surface area contributed by atoms with Gasteiger partial charge in [0.05, 0.1) is 0 Å². The van der Waals surface area contributed by atoms with Crippen LogP contribution in [0.3, 0.4) is 0 Å². The van der Waals surface area contributed by atoms with Gasteiger partial charge in [0, 0.05) is 17.8 Å². The second kappa shape index (κ2) is 5.75. The SMILES string of the molecule is C=C(Cc1cccc(C)c1)Nc1ccc(C)c(C)c1. The van der Waals surface area contributed by atoms with Crippen LogP contribution in [0.1, 0.15) is 22.3 Å². The summed E-state index contributed by atoms with van der Waals surface area (Å²) in [5.41, 5.74) is 7.33. The fraction of sp³-hybridized carbons (Fsp3) is 0.222. The minimum absolute atomic E-state index is 0.856. The molecule has 0 aliphatic rings. The minimum Gasteiger partial charge on any atom is -0.359 e. The van der Waals surface area contributed by atoms with Gasteiger partial charge in [-0.3, -0.25) is 0 Å². The molecule has 0 aromatic heterocycles. The topological polar surface area (TPSA) is 12.0 Å². The van der Waals surface area contributed by atoms with Gasteiger partial charge in [-0.15, -0.1) is 0 Å². The summed E-state index contributed by atoms with van der Waals surface area (Å²) in [6.45, 7) is 10.5. The molecule has 0 spiro atoms. The quantitative estimate of drug-likeness (QED) is 0.824. The largest absolute Gasteiger partial charge is 0.359 e. The fourth-order valence-electron chi connectivity index (χ4n) is 2.14. The van der Waals surface area contributed by atoms with Gasteiger partial charge in [-0.25, -0.2) is 0 Å². The number of hydrogen-bond acceptors (Lipinski definition) is 1. The van der Waals surface area contributed by atoms with E-state index in [1.54, 1.807) is 0 Å². The predicted molar refractivity (Wildman–Crippen MR) is 83.6 cm³/mol. The maximum atomic E-state index is 4.12. The summed E-state index contributed by atoms with van der Waals surface area (Å²) >= 11 is 0. The van der Waals surface area contributed by atoms with Gasteiger partial charge in [0.2, 0.25) is 0 Å². The number of hydrogen-bond donors (Lipinski definition) is 1. The van der Waals surface area contributed by atoms with Crippen LogP contribution in [-0.2, 0) is 6.42 Å². The Kier molecular flexibility index (Phi) is 4.06. The number of allylic oxidation sites excluding steroid dienone is 1. The van der Waals surface area contributed by atoms with Crippen molar-refractivity contribution in [2.75, 3.05) is 5.32 Å². The van der Waals surface area contributed by atoms with Crippen molar-refractivity contribution in [3.05, 3.63) is 77.0 Å². The molecule has 0 radical (unpaired) electrons. The molecule has 0 saturated heterocycles. The molecule has 0 saturated carbocycles. The van der Waals surface area contributed by atoms with Crippen molar-refractivity contribution in [1.29, 1.82) is 0 Å². The van der Waals surface area contributed by atoms with Crippen molar-refractivity contribution in [1.82, 2.24) is 0 Å². The highest BCUT2D eigenvalue weighted by atomic mass is 14.9. The lowest BCUT2D eigenvalue weighted by molar-refractivity contribution is 1.15. The summed E-state index contributed by atoms with van der Waals surface area (Å²) < 4.78 is 0. The number of anilines is 1. The number of aryl methyl sites for hydroxylation is 3. The van der Waals surface area contributed by atoms with E-state index in [-0.39, 0.29) is 0 Å². The van der Waals surface area contributed by atoms with Crippen LogP contribution in [-0.4, -0.2) is 0 Å². The van der Waals surface area contributed by atoms with Gasteiger partial charge in [0.15, 0.2) is 0 Å². The number of nitrogens with one attached hydrogen (secondary N) is 1. The summed E-state index contributed by atoms with van der Waals surface area (Å²) in [4.78, 5) is 0. The number of rotatable bonds is 4. The molecule has 0 aliphatic carbocycles. The van der Waals surface area contributed by atoms with Gasteiger partial charge >= 0.3 is 0 Å². The maximum absolute atomic E-state index is 4.12. The molecule has 19 heavy (non-hydrogen) atoms. The molecule has 1 nitrogen and oxygen atoms in total. The van der Waals surface area contributed by atoms with Crippen molar-refractivity contribution in [3.63, 3.8) is 0 Å². The molecule has 2 aromatic rings. The monoisotopic (exact) mass is 251 g/mol. The molecule has 0 heterocycles.